The standard InChI is InChI=1S/C18H22BO2/c1-3-15(5-8-17(20)4-2)11-13-19-14-12-16-6-9-18(21)10-7-16/h3-10,20-21H,1-2,11-14H2/b15-5+,17-8+. The van der Waals surface area contributed by atoms with Crippen LogP contribution in [0, 0.1) is 0 Å². The van der Waals surface area contributed by atoms with Crippen LogP contribution >= 0.6 is 0 Å². The van der Waals surface area contributed by atoms with Gasteiger partial charge in [0.05, 0.1) is 0 Å². The minimum atomic E-state index is 0.158. The lowest BCUT2D eigenvalue weighted by molar-refractivity contribution is 0.433. The van der Waals surface area contributed by atoms with Crippen molar-refractivity contribution in [3.63, 3.8) is 0 Å². The van der Waals surface area contributed by atoms with E-state index in [-0.39, 0.29) is 5.76 Å². The van der Waals surface area contributed by atoms with Gasteiger partial charge in [-0.1, -0.05) is 50.1 Å². The van der Waals surface area contributed by atoms with Crippen molar-refractivity contribution in [2.24, 2.45) is 0 Å². The van der Waals surface area contributed by atoms with E-state index in [1.165, 1.54) is 11.6 Å². The molecular weight excluding hydrogens is 259 g/mol. The summed E-state index contributed by atoms with van der Waals surface area (Å²) in [6.07, 6.45) is 10.5. The van der Waals surface area contributed by atoms with Crippen molar-refractivity contribution in [2.75, 3.05) is 0 Å². The highest BCUT2D eigenvalue weighted by Gasteiger charge is 1.97. The maximum Gasteiger partial charge on any atom is 0.115 e. The van der Waals surface area contributed by atoms with Gasteiger partial charge in [-0.05, 0) is 48.3 Å². The summed E-state index contributed by atoms with van der Waals surface area (Å²) >= 11 is 0. The Balaban J connectivity index is 2.27. The van der Waals surface area contributed by atoms with Gasteiger partial charge in [0.25, 0.3) is 0 Å². The molecule has 0 aromatic heterocycles. The second-order valence-electron chi connectivity index (χ2n) is 4.77. The van der Waals surface area contributed by atoms with Gasteiger partial charge >= 0.3 is 0 Å². The fourth-order valence-corrected chi connectivity index (χ4v) is 1.86. The number of rotatable bonds is 9. The summed E-state index contributed by atoms with van der Waals surface area (Å²) in [5, 5.41) is 18.5. The van der Waals surface area contributed by atoms with E-state index in [9.17, 15) is 10.2 Å². The summed E-state index contributed by atoms with van der Waals surface area (Å²) in [4.78, 5) is 0. The van der Waals surface area contributed by atoms with Gasteiger partial charge < -0.3 is 10.2 Å². The van der Waals surface area contributed by atoms with Crippen molar-refractivity contribution in [2.45, 2.75) is 25.5 Å². The monoisotopic (exact) mass is 281 g/mol. The van der Waals surface area contributed by atoms with Crippen LogP contribution in [0.3, 0.4) is 0 Å². The van der Waals surface area contributed by atoms with Crippen LogP contribution in [-0.2, 0) is 6.42 Å². The Labute approximate surface area is 128 Å². The molecule has 3 heteroatoms. The highest BCUT2D eigenvalue weighted by Crippen LogP contribution is 2.13. The zero-order valence-corrected chi connectivity index (χ0v) is 12.3. The average molecular weight is 281 g/mol. The summed E-state index contributed by atoms with van der Waals surface area (Å²) in [6.45, 7) is 7.27. The van der Waals surface area contributed by atoms with Gasteiger partial charge in [-0.2, -0.15) is 0 Å². The Morgan fingerprint density at radius 1 is 1.05 bits per heavy atom. The van der Waals surface area contributed by atoms with Crippen LogP contribution in [0.1, 0.15) is 12.0 Å². The van der Waals surface area contributed by atoms with Gasteiger partial charge in [-0.25, -0.2) is 0 Å². The smallest absolute Gasteiger partial charge is 0.115 e. The zero-order chi connectivity index (χ0) is 15.5. The molecule has 0 saturated carbocycles. The highest BCUT2D eigenvalue weighted by molar-refractivity contribution is 6.35. The third kappa shape index (κ3) is 7.26. The Morgan fingerprint density at radius 2 is 1.76 bits per heavy atom. The van der Waals surface area contributed by atoms with Crippen LogP contribution in [0.2, 0.25) is 12.6 Å². The molecule has 1 rings (SSSR count). The molecule has 0 fully saturated rings. The first-order valence-electron chi connectivity index (χ1n) is 7.10. The number of phenolic OH excluding ortho intramolecular Hbond substituents is 1. The second kappa shape index (κ2) is 9.70. The minimum Gasteiger partial charge on any atom is -0.508 e. The van der Waals surface area contributed by atoms with E-state index in [4.69, 9.17) is 0 Å². The zero-order valence-electron chi connectivity index (χ0n) is 12.3. The molecule has 0 aliphatic heterocycles. The van der Waals surface area contributed by atoms with Gasteiger partial charge in [0.1, 0.15) is 18.8 Å². The Hall–Kier alpha value is -2.16. The number of hydrogen-bond acceptors (Lipinski definition) is 2. The number of aliphatic hydroxyl groups excluding tert-OH is 1. The summed E-state index contributed by atoms with van der Waals surface area (Å²) in [7, 11) is 2.25. The predicted molar refractivity (Wildman–Crippen MR) is 91.0 cm³/mol. The van der Waals surface area contributed by atoms with E-state index in [1.807, 2.05) is 18.2 Å². The predicted octanol–water partition coefficient (Wildman–Crippen LogP) is 4.61. The Bertz CT molecular complexity index is 513. The van der Waals surface area contributed by atoms with E-state index < -0.39 is 0 Å². The largest absolute Gasteiger partial charge is 0.508 e. The summed E-state index contributed by atoms with van der Waals surface area (Å²) in [6, 6.07) is 7.32. The minimum absolute atomic E-state index is 0.158. The summed E-state index contributed by atoms with van der Waals surface area (Å²) in [5.74, 6) is 0.463. The normalized spacial score (nSPS) is 12.0. The molecule has 1 radical (unpaired) electrons. The molecule has 109 valence electrons. The van der Waals surface area contributed by atoms with Gasteiger partial charge in [0.2, 0.25) is 0 Å². The van der Waals surface area contributed by atoms with Crippen LogP contribution in [0.15, 0.2) is 73.1 Å². The third-order valence-corrected chi connectivity index (χ3v) is 3.15. The molecule has 2 N–H and O–H groups in total. The summed E-state index contributed by atoms with van der Waals surface area (Å²) in [5.41, 5.74) is 2.31. The molecule has 0 saturated heterocycles. The van der Waals surface area contributed by atoms with Crippen molar-refractivity contribution in [1.82, 2.24) is 0 Å². The molecule has 2 nitrogen and oxygen atoms in total. The van der Waals surface area contributed by atoms with Crippen molar-refractivity contribution < 1.29 is 10.2 Å². The number of phenols is 1. The van der Waals surface area contributed by atoms with Gasteiger partial charge in [-0.3, -0.25) is 0 Å². The number of hydrogen-bond donors (Lipinski definition) is 2. The molecule has 0 bridgehead atoms. The topological polar surface area (TPSA) is 40.5 Å². The van der Waals surface area contributed by atoms with Crippen molar-refractivity contribution in [1.29, 1.82) is 0 Å². The Kier molecular flexibility index (Phi) is 7.81. The lowest BCUT2D eigenvalue weighted by Gasteiger charge is -2.02. The van der Waals surface area contributed by atoms with Crippen molar-refractivity contribution >= 4 is 7.28 Å². The number of aliphatic hydroxyl groups is 1. The SMILES string of the molecule is C=C/C(=C\C=C(\O)C=C)CC[B]CCc1ccc(O)cc1. The molecule has 21 heavy (non-hydrogen) atoms. The van der Waals surface area contributed by atoms with Gasteiger partial charge in [0.15, 0.2) is 0 Å². The molecule has 0 atom stereocenters. The average Bonchev–Trinajstić information content (AvgIpc) is 2.51. The number of aromatic hydroxyl groups is 1. The molecule has 0 spiro atoms. The van der Waals surface area contributed by atoms with Crippen LogP contribution in [-0.4, -0.2) is 17.5 Å². The van der Waals surface area contributed by atoms with Crippen molar-refractivity contribution in [3.8, 4) is 5.75 Å². The van der Waals surface area contributed by atoms with Gasteiger partial charge in [0, 0.05) is 0 Å². The van der Waals surface area contributed by atoms with Crippen LogP contribution in [0.4, 0.5) is 0 Å². The van der Waals surface area contributed by atoms with E-state index in [1.54, 1.807) is 24.3 Å². The maximum absolute atomic E-state index is 9.30. The molecule has 0 unspecified atom stereocenters. The molecule has 0 aliphatic rings. The highest BCUT2D eigenvalue weighted by atomic mass is 16.3. The molecule has 0 aliphatic carbocycles. The third-order valence-electron chi connectivity index (χ3n) is 3.15. The van der Waals surface area contributed by atoms with Gasteiger partial charge in [-0.15, -0.1) is 0 Å². The summed E-state index contributed by atoms with van der Waals surface area (Å²) < 4.78 is 0. The lowest BCUT2D eigenvalue weighted by atomic mass is 9.67. The molecule has 1 aromatic rings. The van der Waals surface area contributed by atoms with Crippen LogP contribution in [0.5, 0.6) is 5.75 Å². The fraction of sp³-hybridized carbons (Fsp3) is 0.222. The first kappa shape index (κ1) is 16.9. The quantitative estimate of drug-likeness (QED) is 0.300. The molecular formula is C18H22BO2. The van der Waals surface area contributed by atoms with E-state index in [0.29, 0.717) is 5.75 Å². The fourth-order valence-electron chi connectivity index (χ4n) is 1.86. The molecule has 1 aromatic carbocycles. The maximum atomic E-state index is 9.30. The van der Waals surface area contributed by atoms with Crippen LogP contribution in [0.25, 0.3) is 0 Å². The van der Waals surface area contributed by atoms with E-state index >= 15 is 0 Å². The first-order chi connectivity index (χ1) is 10.2. The van der Waals surface area contributed by atoms with Crippen LogP contribution < -0.4 is 0 Å². The first-order valence-corrected chi connectivity index (χ1v) is 7.10. The number of aryl methyl sites for hydroxylation is 1. The number of benzene rings is 1. The second-order valence-corrected chi connectivity index (χ2v) is 4.77. The molecule has 0 amide bonds. The van der Waals surface area contributed by atoms with Crippen molar-refractivity contribution in [3.05, 3.63) is 78.6 Å². The number of allylic oxidation sites excluding steroid dienone is 5. The lowest BCUT2D eigenvalue weighted by Crippen LogP contribution is -1.94. The van der Waals surface area contributed by atoms with E-state index in [2.05, 4.69) is 20.4 Å². The molecule has 0 heterocycles. The Morgan fingerprint density at radius 3 is 2.38 bits per heavy atom. The van der Waals surface area contributed by atoms with E-state index in [0.717, 1.165) is 31.1 Å².